The second kappa shape index (κ2) is 9.61. The van der Waals surface area contributed by atoms with Gasteiger partial charge in [0.15, 0.2) is 6.29 Å². The standard InChI is InChI=1S/C17H28N2O9/c1-2-19-13(23)7-17(15(19)25)3-5-18(6-4-17)16(26)27-10-11(8-20)28-14(24)12(22)9-21/h11-12,14,20-22,24H,2-10H2,1H3/t11?,12-,14+/m0/s1. The summed E-state index contributed by atoms with van der Waals surface area (Å²) in [6, 6.07) is 0. The zero-order chi connectivity index (χ0) is 20.9. The lowest BCUT2D eigenvalue weighted by atomic mass is 9.77. The molecule has 0 aromatic rings. The number of rotatable bonds is 8. The second-order valence-electron chi connectivity index (χ2n) is 7.05. The summed E-state index contributed by atoms with van der Waals surface area (Å²) in [6.45, 7) is 0.924. The van der Waals surface area contributed by atoms with Crippen LogP contribution in [0.25, 0.3) is 0 Å². The van der Waals surface area contributed by atoms with Crippen LogP contribution in [0.5, 0.6) is 0 Å². The SMILES string of the molecule is CCN1C(=O)CC2(CCN(C(=O)OCC(CO)O[C@@H](O)[C@@H](O)CO)CC2)C1=O. The number of aliphatic hydroxyl groups is 4. The van der Waals surface area contributed by atoms with Crippen LogP contribution in [-0.2, 0) is 19.1 Å². The Bertz CT molecular complexity index is 577. The number of carbonyl (C=O) groups excluding carboxylic acids is 3. The number of hydrogen-bond donors (Lipinski definition) is 4. The fourth-order valence-electron chi connectivity index (χ4n) is 3.46. The molecule has 2 fully saturated rings. The maximum Gasteiger partial charge on any atom is 0.409 e. The van der Waals surface area contributed by atoms with Crippen molar-refractivity contribution in [3.05, 3.63) is 0 Å². The van der Waals surface area contributed by atoms with Crippen LogP contribution < -0.4 is 0 Å². The Morgan fingerprint density at radius 1 is 1.18 bits per heavy atom. The van der Waals surface area contributed by atoms with Gasteiger partial charge in [-0.15, -0.1) is 0 Å². The predicted octanol–water partition coefficient (Wildman–Crippen LogP) is -1.97. The lowest BCUT2D eigenvalue weighted by molar-refractivity contribution is -0.207. The van der Waals surface area contributed by atoms with E-state index in [1.54, 1.807) is 6.92 Å². The van der Waals surface area contributed by atoms with E-state index in [1.807, 2.05) is 0 Å². The molecule has 0 bridgehead atoms. The van der Waals surface area contributed by atoms with E-state index in [0.29, 0.717) is 19.4 Å². The van der Waals surface area contributed by atoms with E-state index in [1.165, 1.54) is 9.80 Å². The van der Waals surface area contributed by atoms with E-state index in [0.717, 1.165) is 0 Å². The summed E-state index contributed by atoms with van der Waals surface area (Å²) in [5.41, 5.74) is -0.745. The van der Waals surface area contributed by atoms with Crippen LogP contribution in [-0.4, -0.2) is 106 Å². The van der Waals surface area contributed by atoms with Crippen molar-refractivity contribution in [2.75, 3.05) is 39.5 Å². The first kappa shape index (κ1) is 22.5. The molecule has 0 aromatic carbocycles. The number of piperidine rings is 1. The van der Waals surface area contributed by atoms with Gasteiger partial charge in [0.2, 0.25) is 11.8 Å². The molecule has 0 radical (unpaired) electrons. The molecule has 11 heteroatoms. The van der Waals surface area contributed by atoms with Gasteiger partial charge in [-0.2, -0.15) is 0 Å². The lowest BCUT2D eigenvalue weighted by Crippen LogP contribution is -2.47. The van der Waals surface area contributed by atoms with Crippen molar-refractivity contribution in [1.82, 2.24) is 9.80 Å². The zero-order valence-corrected chi connectivity index (χ0v) is 15.8. The largest absolute Gasteiger partial charge is 0.447 e. The molecule has 3 atom stereocenters. The molecular weight excluding hydrogens is 376 g/mol. The summed E-state index contributed by atoms with van der Waals surface area (Å²) in [7, 11) is 0. The van der Waals surface area contributed by atoms with Gasteiger partial charge in [-0.05, 0) is 19.8 Å². The summed E-state index contributed by atoms with van der Waals surface area (Å²) in [5, 5.41) is 36.7. The van der Waals surface area contributed by atoms with Crippen molar-refractivity contribution in [2.24, 2.45) is 5.41 Å². The minimum Gasteiger partial charge on any atom is -0.447 e. The van der Waals surface area contributed by atoms with Gasteiger partial charge in [0.05, 0.1) is 18.6 Å². The van der Waals surface area contributed by atoms with Crippen LogP contribution in [0.15, 0.2) is 0 Å². The quantitative estimate of drug-likeness (QED) is 0.266. The molecule has 0 saturated carbocycles. The van der Waals surface area contributed by atoms with Gasteiger partial charge in [0.1, 0.15) is 18.8 Å². The minimum absolute atomic E-state index is 0.161. The first-order valence-electron chi connectivity index (χ1n) is 9.27. The van der Waals surface area contributed by atoms with Gasteiger partial charge in [-0.25, -0.2) is 4.79 Å². The van der Waals surface area contributed by atoms with Crippen molar-refractivity contribution in [1.29, 1.82) is 0 Å². The van der Waals surface area contributed by atoms with E-state index in [-0.39, 0.29) is 37.9 Å². The van der Waals surface area contributed by atoms with Crippen LogP contribution in [0.1, 0.15) is 26.2 Å². The molecule has 3 amide bonds. The highest BCUT2D eigenvalue weighted by molar-refractivity contribution is 6.06. The molecule has 11 nitrogen and oxygen atoms in total. The molecule has 2 heterocycles. The number of likely N-dealkylation sites (tertiary alicyclic amines) is 2. The zero-order valence-electron chi connectivity index (χ0n) is 15.8. The van der Waals surface area contributed by atoms with E-state index in [2.05, 4.69) is 0 Å². The molecule has 0 aliphatic carbocycles. The number of aliphatic hydroxyl groups excluding tert-OH is 4. The van der Waals surface area contributed by atoms with Gasteiger partial charge in [-0.1, -0.05) is 0 Å². The number of nitrogens with zero attached hydrogens (tertiary/aromatic N) is 2. The maximum atomic E-state index is 12.5. The van der Waals surface area contributed by atoms with Crippen LogP contribution in [0.3, 0.4) is 0 Å². The number of imide groups is 1. The molecule has 2 aliphatic rings. The third-order valence-corrected chi connectivity index (χ3v) is 5.23. The van der Waals surface area contributed by atoms with E-state index >= 15 is 0 Å². The Balaban J connectivity index is 1.82. The third kappa shape index (κ3) is 4.78. The number of carbonyl (C=O) groups is 3. The van der Waals surface area contributed by atoms with E-state index in [4.69, 9.17) is 14.6 Å². The Hall–Kier alpha value is -1.79. The third-order valence-electron chi connectivity index (χ3n) is 5.23. The average Bonchev–Trinajstić information content (AvgIpc) is 2.93. The summed E-state index contributed by atoms with van der Waals surface area (Å²) >= 11 is 0. The maximum absolute atomic E-state index is 12.5. The van der Waals surface area contributed by atoms with Gasteiger partial charge in [0, 0.05) is 26.1 Å². The van der Waals surface area contributed by atoms with Gasteiger partial charge in [-0.3, -0.25) is 14.5 Å². The fourth-order valence-corrected chi connectivity index (χ4v) is 3.46. The lowest BCUT2D eigenvalue weighted by Gasteiger charge is -2.36. The van der Waals surface area contributed by atoms with Gasteiger partial charge >= 0.3 is 6.09 Å². The van der Waals surface area contributed by atoms with Crippen LogP contribution >= 0.6 is 0 Å². The van der Waals surface area contributed by atoms with Gasteiger partial charge in [0.25, 0.3) is 0 Å². The highest BCUT2D eigenvalue weighted by atomic mass is 16.6. The second-order valence-corrected chi connectivity index (χ2v) is 7.05. The summed E-state index contributed by atoms with van der Waals surface area (Å²) in [6.07, 6.45) is -4.13. The van der Waals surface area contributed by atoms with Crippen LogP contribution in [0.2, 0.25) is 0 Å². The topological polar surface area (TPSA) is 157 Å². The predicted molar refractivity (Wildman–Crippen MR) is 92.7 cm³/mol. The Kier molecular flexibility index (Phi) is 7.72. The molecule has 160 valence electrons. The monoisotopic (exact) mass is 404 g/mol. The Labute approximate surface area is 162 Å². The summed E-state index contributed by atoms with van der Waals surface area (Å²) in [5.74, 6) is -0.367. The average molecular weight is 404 g/mol. The number of ether oxygens (including phenoxy) is 2. The summed E-state index contributed by atoms with van der Waals surface area (Å²) < 4.78 is 10.0. The van der Waals surface area contributed by atoms with Crippen molar-refractivity contribution in [2.45, 2.75) is 44.7 Å². The highest BCUT2D eigenvalue weighted by Gasteiger charge is 2.52. The summed E-state index contributed by atoms with van der Waals surface area (Å²) in [4.78, 5) is 39.4. The number of hydrogen-bond acceptors (Lipinski definition) is 9. The van der Waals surface area contributed by atoms with Crippen molar-refractivity contribution >= 4 is 17.9 Å². The molecule has 1 unspecified atom stereocenters. The van der Waals surface area contributed by atoms with Crippen molar-refractivity contribution in [3.63, 3.8) is 0 Å². The Morgan fingerprint density at radius 3 is 2.32 bits per heavy atom. The molecule has 2 saturated heterocycles. The molecule has 0 aromatic heterocycles. The molecular formula is C17H28N2O9. The molecule has 2 rings (SSSR count). The smallest absolute Gasteiger partial charge is 0.409 e. The molecule has 1 spiro atoms. The molecule has 4 N–H and O–H groups in total. The highest BCUT2D eigenvalue weighted by Crippen LogP contribution is 2.42. The van der Waals surface area contributed by atoms with Crippen LogP contribution in [0, 0.1) is 5.41 Å². The Morgan fingerprint density at radius 2 is 1.82 bits per heavy atom. The first-order chi connectivity index (χ1) is 13.3. The van der Waals surface area contributed by atoms with Crippen LogP contribution in [0.4, 0.5) is 4.79 Å². The van der Waals surface area contributed by atoms with E-state index in [9.17, 15) is 29.7 Å². The normalized spacial score (nSPS) is 22.5. The fraction of sp³-hybridized carbons (Fsp3) is 0.824. The van der Waals surface area contributed by atoms with Crippen molar-refractivity contribution < 1.29 is 44.3 Å². The number of amides is 3. The van der Waals surface area contributed by atoms with Gasteiger partial charge < -0.3 is 34.8 Å². The molecule has 2 aliphatic heterocycles. The minimum atomic E-state index is -1.73. The first-order valence-corrected chi connectivity index (χ1v) is 9.27. The van der Waals surface area contributed by atoms with E-state index < -0.39 is 43.2 Å². The van der Waals surface area contributed by atoms with Crippen molar-refractivity contribution in [3.8, 4) is 0 Å². The molecule has 28 heavy (non-hydrogen) atoms.